The Bertz CT molecular complexity index is 642. The van der Waals surface area contributed by atoms with Gasteiger partial charge in [-0.25, -0.2) is 4.98 Å². The zero-order valence-corrected chi connectivity index (χ0v) is 16.9. The first-order valence-corrected chi connectivity index (χ1v) is 11.4. The van der Waals surface area contributed by atoms with Crippen molar-refractivity contribution in [2.24, 2.45) is 29.6 Å². The fraction of sp³-hybridized carbons (Fsp3) is 0.739. The van der Waals surface area contributed by atoms with Crippen molar-refractivity contribution in [1.29, 1.82) is 0 Å². The minimum Gasteiger partial charge on any atom is -0.356 e. The maximum Gasteiger partial charge on any atom is 0.221 e. The Morgan fingerprint density at radius 1 is 1.00 bits per heavy atom. The second-order valence-electron chi connectivity index (χ2n) is 9.67. The van der Waals surface area contributed by atoms with Crippen LogP contribution in [0.15, 0.2) is 24.4 Å². The molecule has 4 bridgehead atoms. The minimum atomic E-state index is 0.251. The van der Waals surface area contributed by atoms with Gasteiger partial charge in [-0.15, -0.1) is 0 Å². The van der Waals surface area contributed by atoms with Crippen LogP contribution < -0.4 is 10.2 Å². The first-order valence-electron chi connectivity index (χ1n) is 11.4. The summed E-state index contributed by atoms with van der Waals surface area (Å²) in [6, 6.07) is 6.08. The SMILES string of the molecule is O=C(CCN1CCN(c2ccccn2)CC1)NCC1C2CC3CC(C2)CC1C3. The van der Waals surface area contributed by atoms with Crippen molar-refractivity contribution < 1.29 is 4.79 Å². The molecule has 0 atom stereocenters. The second kappa shape index (κ2) is 8.02. The van der Waals surface area contributed by atoms with Crippen LogP contribution in [0.2, 0.25) is 0 Å². The van der Waals surface area contributed by atoms with Crippen LogP contribution in [0, 0.1) is 29.6 Å². The van der Waals surface area contributed by atoms with Gasteiger partial charge in [0.25, 0.3) is 0 Å². The molecule has 152 valence electrons. The highest BCUT2D eigenvalue weighted by atomic mass is 16.1. The fourth-order valence-corrected chi connectivity index (χ4v) is 6.69. The molecule has 0 unspecified atom stereocenters. The molecule has 1 N–H and O–H groups in total. The van der Waals surface area contributed by atoms with Gasteiger partial charge in [-0.05, 0) is 73.8 Å². The lowest BCUT2D eigenvalue weighted by atomic mass is 9.52. The van der Waals surface area contributed by atoms with Crippen LogP contribution in [0.4, 0.5) is 5.82 Å². The molecule has 0 radical (unpaired) electrons. The van der Waals surface area contributed by atoms with Crippen LogP contribution in [-0.4, -0.2) is 55.1 Å². The van der Waals surface area contributed by atoms with E-state index in [1.165, 1.54) is 32.1 Å². The Morgan fingerprint density at radius 2 is 1.71 bits per heavy atom. The van der Waals surface area contributed by atoms with E-state index in [0.29, 0.717) is 6.42 Å². The molecule has 5 nitrogen and oxygen atoms in total. The van der Waals surface area contributed by atoms with E-state index < -0.39 is 0 Å². The van der Waals surface area contributed by atoms with E-state index in [1.54, 1.807) is 0 Å². The predicted molar refractivity (Wildman–Crippen MR) is 111 cm³/mol. The molecule has 1 amide bonds. The molecule has 1 aliphatic heterocycles. The highest BCUT2D eigenvalue weighted by Crippen LogP contribution is 2.56. The molecule has 2 heterocycles. The van der Waals surface area contributed by atoms with Crippen LogP contribution >= 0.6 is 0 Å². The van der Waals surface area contributed by atoms with Gasteiger partial charge in [0, 0.05) is 51.9 Å². The highest BCUT2D eigenvalue weighted by Gasteiger charge is 2.47. The first kappa shape index (κ1) is 18.4. The quantitative estimate of drug-likeness (QED) is 0.822. The van der Waals surface area contributed by atoms with E-state index in [1.807, 2.05) is 18.3 Å². The monoisotopic (exact) mass is 382 g/mol. The van der Waals surface area contributed by atoms with Crippen molar-refractivity contribution in [3.8, 4) is 0 Å². The number of nitrogens with zero attached hydrogens (tertiary/aromatic N) is 3. The Morgan fingerprint density at radius 3 is 2.36 bits per heavy atom. The fourth-order valence-electron chi connectivity index (χ4n) is 6.69. The molecule has 4 aliphatic carbocycles. The number of anilines is 1. The molecule has 1 aromatic heterocycles. The van der Waals surface area contributed by atoms with Gasteiger partial charge in [0.15, 0.2) is 0 Å². The van der Waals surface area contributed by atoms with Crippen molar-refractivity contribution in [1.82, 2.24) is 15.2 Å². The number of aromatic nitrogens is 1. The lowest BCUT2D eigenvalue weighted by Crippen LogP contribution is -2.49. The smallest absolute Gasteiger partial charge is 0.221 e. The summed E-state index contributed by atoms with van der Waals surface area (Å²) in [6.07, 6.45) is 9.75. The van der Waals surface area contributed by atoms with Crippen LogP contribution in [0.3, 0.4) is 0 Å². The summed E-state index contributed by atoms with van der Waals surface area (Å²) >= 11 is 0. The summed E-state index contributed by atoms with van der Waals surface area (Å²) in [5.41, 5.74) is 0. The van der Waals surface area contributed by atoms with Crippen molar-refractivity contribution in [3.63, 3.8) is 0 Å². The maximum absolute atomic E-state index is 12.4. The number of hydrogen-bond donors (Lipinski definition) is 1. The summed E-state index contributed by atoms with van der Waals surface area (Å²) < 4.78 is 0. The molecular weight excluding hydrogens is 348 g/mol. The third-order valence-corrected chi connectivity index (χ3v) is 7.96. The summed E-state index contributed by atoms with van der Waals surface area (Å²) in [7, 11) is 0. The van der Waals surface area contributed by atoms with E-state index >= 15 is 0 Å². The lowest BCUT2D eigenvalue weighted by molar-refractivity contribution is -0.122. The van der Waals surface area contributed by atoms with Crippen LogP contribution in [0.25, 0.3) is 0 Å². The van der Waals surface area contributed by atoms with Crippen LogP contribution in [0.1, 0.15) is 38.5 Å². The van der Waals surface area contributed by atoms with Gasteiger partial charge >= 0.3 is 0 Å². The van der Waals surface area contributed by atoms with Gasteiger partial charge in [-0.3, -0.25) is 9.69 Å². The molecule has 0 aromatic carbocycles. The van der Waals surface area contributed by atoms with Gasteiger partial charge in [0.2, 0.25) is 5.91 Å². The third-order valence-electron chi connectivity index (χ3n) is 7.96. The van der Waals surface area contributed by atoms with Gasteiger partial charge in [-0.1, -0.05) is 6.07 Å². The van der Waals surface area contributed by atoms with Gasteiger partial charge in [-0.2, -0.15) is 0 Å². The lowest BCUT2D eigenvalue weighted by Gasteiger charge is -2.54. The van der Waals surface area contributed by atoms with Crippen LogP contribution in [0.5, 0.6) is 0 Å². The topological polar surface area (TPSA) is 48.5 Å². The number of pyridine rings is 1. The van der Waals surface area contributed by atoms with E-state index in [9.17, 15) is 4.79 Å². The molecule has 5 aliphatic rings. The van der Waals surface area contributed by atoms with Gasteiger partial charge in [0.1, 0.15) is 5.82 Å². The molecule has 1 aromatic rings. The number of carbonyl (C=O) groups excluding carboxylic acids is 1. The molecule has 1 saturated heterocycles. The largest absolute Gasteiger partial charge is 0.356 e. The van der Waals surface area contributed by atoms with Gasteiger partial charge < -0.3 is 10.2 Å². The number of amides is 1. The molecule has 28 heavy (non-hydrogen) atoms. The summed E-state index contributed by atoms with van der Waals surface area (Å²) in [6.45, 7) is 5.82. The number of piperazine rings is 1. The Balaban J connectivity index is 1.02. The van der Waals surface area contributed by atoms with Crippen molar-refractivity contribution in [3.05, 3.63) is 24.4 Å². The molecule has 6 rings (SSSR count). The second-order valence-corrected chi connectivity index (χ2v) is 9.67. The summed E-state index contributed by atoms with van der Waals surface area (Å²) in [5, 5.41) is 3.30. The van der Waals surface area contributed by atoms with E-state index in [4.69, 9.17) is 0 Å². The number of carbonyl (C=O) groups is 1. The van der Waals surface area contributed by atoms with E-state index in [2.05, 4.69) is 26.2 Å². The standard InChI is InChI=1S/C23H34N4O/c28-23(25-16-21-19-12-17-11-18(14-19)15-20(21)13-17)4-6-26-7-9-27(10-8-26)22-3-1-2-5-24-22/h1-3,5,17-21H,4,6-16H2,(H,25,28). The Hall–Kier alpha value is -1.62. The molecule has 4 saturated carbocycles. The number of nitrogens with one attached hydrogen (secondary N) is 1. The zero-order chi connectivity index (χ0) is 18.9. The molecule has 5 heteroatoms. The molecular formula is C23H34N4O. The maximum atomic E-state index is 12.4. The normalized spacial score (nSPS) is 34.6. The highest BCUT2D eigenvalue weighted by molar-refractivity contribution is 5.76. The Kier molecular flexibility index (Phi) is 5.27. The Labute approximate surface area is 168 Å². The first-order chi connectivity index (χ1) is 13.7. The summed E-state index contributed by atoms with van der Waals surface area (Å²) in [4.78, 5) is 21.6. The van der Waals surface area contributed by atoms with E-state index in [-0.39, 0.29) is 5.91 Å². The summed E-state index contributed by atoms with van der Waals surface area (Å²) in [5.74, 6) is 5.90. The average molecular weight is 383 g/mol. The zero-order valence-electron chi connectivity index (χ0n) is 16.9. The van der Waals surface area contributed by atoms with Crippen molar-refractivity contribution in [2.45, 2.75) is 38.5 Å². The molecule has 5 fully saturated rings. The van der Waals surface area contributed by atoms with Crippen molar-refractivity contribution >= 4 is 11.7 Å². The van der Waals surface area contributed by atoms with Crippen molar-refractivity contribution in [2.75, 3.05) is 44.2 Å². The number of hydrogen-bond acceptors (Lipinski definition) is 4. The molecule has 0 spiro atoms. The van der Waals surface area contributed by atoms with Crippen LogP contribution in [-0.2, 0) is 4.79 Å². The van der Waals surface area contributed by atoms with E-state index in [0.717, 1.165) is 74.7 Å². The predicted octanol–water partition coefficient (Wildman–Crippen LogP) is 2.78. The number of rotatable bonds is 6. The third kappa shape index (κ3) is 3.91. The van der Waals surface area contributed by atoms with Gasteiger partial charge in [0.05, 0.1) is 0 Å². The minimum absolute atomic E-state index is 0.251. The average Bonchev–Trinajstić information content (AvgIpc) is 2.72.